The summed E-state index contributed by atoms with van der Waals surface area (Å²) in [5, 5.41) is 18.2. The van der Waals surface area contributed by atoms with E-state index in [-0.39, 0.29) is 10.6 Å². The monoisotopic (exact) mass is 272 g/mol. The molecule has 0 unspecified atom stereocenters. The average Bonchev–Trinajstić information content (AvgIpc) is 2.92. The minimum Gasteiger partial charge on any atom is -0.381 e. The molecule has 104 valence electrons. The van der Waals surface area contributed by atoms with Gasteiger partial charge in [-0.3, -0.25) is 10.1 Å². The highest BCUT2D eigenvalue weighted by Gasteiger charge is 2.12. The predicted molar refractivity (Wildman–Crippen MR) is 78.4 cm³/mol. The van der Waals surface area contributed by atoms with Crippen molar-refractivity contribution in [1.82, 2.24) is 9.78 Å². The molecule has 1 aromatic heterocycles. The summed E-state index contributed by atoms with van der Waals surface area (Å²) in [5.41, 5.74) is 2.59. The van der Waals surface area contributed by atoms with E-state index in [4.69, 9.17) is 0 Å². The largest absolute Gasteiger partial charge is 0.381 e. The molecule has 20 heavy (non-hydrogen) atoms. The van der Waals surface area contributed by atoms with Gasteiger partial charge in [-0.05, 0) is 12.5 Å². The lowest BCUT2D eigenvalue weighted by atomic mass is 10.1. The third kappa shape index (κ3) is 3.03. The van der Waals surface area contributed by atoms with E-state index in [0.717, 1.165) is 16.8 Å². The van der Waals surface area contributed by atoms with E-state index in [1.807, 2.05) is 19.2 Å². The lowest BCUT2D eigenvalue weighted by molar-refractivity contribution is -0.385. The van der Waals surface area contributed by atoms with Gasteiger partial charge in [0.05, 0.1) is 11.1 Å². The minimum atomic E-state index is -0.347. The van der Waals surface area contributed by atoms with Crippen LogP contribution >= 0.6 is 0 Å². The first-order valence-corrected chi connectivity index (χ1v) is 6.30. The third-order valence-electron chi connectivity index (χ3n) is 3.00. The summed E-state index contributed by atoms with van der Waals surface area (Å²) < 4.78 is 1.61. The van der Waals surface area contributed by atoms with Gasteiger partial charge in [0.15, 0.2) is 0 Å². The van der Waals surface area contributed by atoms with Crippen molar-refractivity contribution in [2.75, 3.05) is 5.32 Å². The highest BCUT2D eigenvalue weighted by Crippen LogP contribution is 2.24. The van der Waals surface area contributed by atoms with E-state index in [2.05, 4.69) is 17.0 Å². The summed E-state index contributed by atoms with van der Waals surface area (Å²) in [6, 6.07) is 5.20. The second-order valence-electron chi connectivity index (χ2n) is 4.32. The first-order valence-electron chi connectivity index (χ1n) is 6.30. The Morgan fingerprint density at radius 2 is 2.35 bits per heavy atom. The lowest BCUT2D eigenvalue weighted by Gasteiger charge is -2.06. The van der Waals surface area contributed by atoms with E-state index in [1.54, 1.807) is 29.2 Å². The second kappa shape index (κ2) is 6.01. The van der Waals surface area contributed by atoms with Gasteiger partial charge in [0.25, 0.3) is 5.69 Å². The summed E-state index contributed by atoms with van der Waals surface area (Å²) in [6.07, 6.45) is 5.81. The summed E-state index contributed by atoms with van der Waals surface area (Å²) in [5.74, 6) is 0. The van der Waals surface area contributed by atoms with Crippen molar-refractivity contribution in [3.05, 3.63) is 58.4 Å². The van der Waals surface area contributed by atoms with Crippen LogP contribution in [0.2, 0.25) is 0 Å². The molecular formula is C14H16N4O2. The molecule has 0 aliphatic carbocycles. The third-order valence-corrected chi connectivity index (χ3v) is 3.00. The predicted octanol–water partition coefficient (Wildman–Crippen LogP) is 3.07. The number of hydrogen-bond acceptors (Lipinski definition) is 4. The molecule has 0 aliphatic heterocycles. The Bertz CT molecular complexity index is 634. The number of hydrogen-bond donors (Lipinski definition) is 1. The number of aryl methyl sites for hydroxylation is 1. The van der Waals surface area contributed by atoms with Gasteiger partial charge in [0.2, 0.25) is 0 Å². The van der Waals surface area contributed by atoms with Crippen molar-refractivity contribution in [1.29, 1.82) is 0 Å². The van der Waals surface area contributed by atoms with Crippen LogP contribution in [0.15, 0.2) is 37.2 Å². The van der Waals surface area contributed by atoms with Crippen LogP contribution in [0.5, 0.6) is 0 Å². The zero-order valence-electron chi connectivity index (χ0n) is 11.2. The molecule has 2 rings (SSSR count). The van der Waals surface area contributed by atoms with E-state index in [1.165, 1.54) is 0 Å². The molecule has 2 aromatic rings. The van der Waals surface area contributed by atoms with E-state index >= 15 is 0 Å². The van der Waals surface area contributed by atoms with Gasteiger partial charge in [-0.15, -0.1) is 0 Å². The van der Waals surface area contributed by atoms with Crippen LogP contribution in [0, 0.1) is 10.1 Å². The maximum Gasteiger partial charge on any atom is 0.274 e. The van der Waals surface area contributed by atoms with Gasteiger partial charge in [-0.2, -0.15) is 5.10 Å². The smallest absolute Gasteiger partial charge is 0.274 e. The topological polar surface area (TPSA) is 73.0 Å². The van der Waals surface area contributed by atoms with Crippen LogP contribution in [0.3, 0.4) is 0 Å². The zero-order valence-corrected chi connectivity index (χ0v) is 11.2. The molecule has 0 saturated carbocycles. The standard InChI is InChI=1S/C14H16N4O2/c1-3-12-5-6-13(7-14(12)18(19)20)15-8-11-9-16-17(4-2)10-11/h4-7,9-10,15H,2-3,8H2,1H3. The number of anilines is 1. The fourth-order valence-electron chi connectivity index (χ4n) is 1.92. The van der Waals surface area contributed by atoms with Crippen LogP contribution in [-0.4, -0.2) is 14.7 Å². The number of benzene rings is 1. The van der Waals surface area contributed by atoms with Gasteiger partial charge < -0.3 is 5.32 Å². The average molecular weight is 272 g/mol. The van der Waals surface area contributed by atoms with Gasteiger partial charge >= 0.3 is 0 Å². The van der Waals surface area contributed by atoms with Crippen molar-refractivity contribution < 1.29 is 4.92 Å². The van der Waals surface area contributed by atoms with Crippen LogP contribution in [-0.2, 0) is 13.0 Å². The van der Waals surface area contributed by atoms with Crippen molar-refractivity contribution in [3.8, 4) is 0 Å². The van der Waals surface area contributed by atoms with Crippen LogP contribution in [0.1, 0.15) is 18.1 Å². The zero-order chi connectivity index (χ0) is 14.5. The van der Waals surface area contributed by atoms with Crippen molar-refractivity contribution in [3.63, 3.8) is 0 Å². The quantitative estimate of drug-likeness (QED) is 0.648. The highest BCUT2D eigenvalue weighted by atomic mass is 16.6. The van der Waals surface area contributed by atoms with Crippen molar-refractivity contribution in [2.45, 2.75) is 19.9 Å². The van der Waals surface area contributed by atoms with Gasteiger partial charge in [0.1, 0.15) is 0 Å². The van der Waals surface area contributed by atoms with Gasteiger partial charge in [-0.25, -0.2) is 4.68 Å². The molecule has 0 spiro atoms. The van der Waals surface area contributed by atoms with Crippen LogP contribution in [0.4, 0.5) is 11.4 Å². The molecule has 1 heterocycles. The number of rotatable bonds is 6. The van der Waals surface area contributed by atoms with Gasteiger partial charge in [-0.1, -0.05) is 19.6 Å². The molecular weight excluding hydrogens is 256 g/mol. The van der Waals surface area contributed by atoms with E-state index in [9.17, 15) is 10.1 Å². The molecule has 0 saturated heterocycles. The SMILES string of the molecule is C=Cn1cc(CNc2ccc(CC)c([N+](=O)[O-])c2)cn1. The Hall–Kier alpha value is -2.63. The Morgan fingerprint density at radius 1 is 1.55 bits per heavy atom. The first kappa shape index (κ1) is 13.8. The molecule has 6 nitrogen and oxygen atoms in total. The van der Waals surface area contributed by atoms with E-state index < -0.39 is 0 Å². The van der Waals surface area contributed by atoms with E-state index in [0.29, 0.717) is 13.0 Å². The first-order chi connectivity index (χ1) is 9.63. The van der Waals surface area contributed by atoms with Crippen LogP contribution in [0.25, 0.3) is 6.20 Å². The van der Waals surface area contributed by atoms with Crippen molar-refractivity contribution in [2.24, 2.45) is 0 Å². The molecule has 0 aliphatic rings. The highest BCUT2D eigenvalue weighted by molar-refractivity contribution is 5.55. The maximum absolute atomic E-state index is 11.0. The molecule has 6 heteroatoms. The number of nitro benzene ring substituents is 1. The molecule has 0 atom stereocenters. The Labute approximate surface area is 116 Å². The summed E-state index contributed by atoms with van der Waals surface area (Å²) in [6.45, 7) is 6.07. The fraction of sp³-hybridized carbons (Fsp3) is 0.214. The second-order valence-corrected chi connectivity index (χ2v) is 4.32. The normalized spacial score (nSPS) is 10.2. The summed E-state index contributed by atoms with van der Waals surface area (Å²) >= 11 is 0. The number of aromatic nitrogens is 2. The Balaban J connectivity index is 2.11. The fourth-order valence-corrected chi connectivity index (χ4v) is 1.92. The summed E-state index contributed by atoms with van der Waals surface area (Å²) in [7, 11) is 0. The lowest BCUT2D eigenvalue weighted by Crippen LogP contribution is -2.01. The minimum absolute atomic E-state index is 0.152. The molecule has 0 amide bonds. The molecule has 1 aromatic carbocycles. The van der Waals surface area contributed by atoms with Crippen LogP contribution < -0.4 is 5.32 Å². The maximum atomic E-state index is 11.0. The Kier molecular flexibility index (Phi) is 4.14. The molecule has 0 bridgehead atoms. The summed E-state index contributed by atoms with van der Waals surface area (Å²) in [4.78, 5) is 10.7. The number of nitro groups is 1. The molecule has 1 N–H and O–H groups in total. The van der Waals surface area contributed by atoms with Gasteiger partial charge in [0, 0.05) is 41.8 Å². The Morgan fingerprint density at radius 3 is 2.95 bits per heavy atom. The number of nitrogens with one attached hydrogen (secondary N) is 1. The van der Waals surface area contributed by atoms with Crippen molar-refractivity contribution >= 4 is 17.6 Å². The molecule has 0 radical (unpaired) electrons. The number of nitrogens with zero attached hydrogens (tertiary/aromatic N) is 3. The molecule has 0 fully saturated rings.